The van der Waals surface area contributed by atoms with Crippen LogP contribution in [0.15, 0.2) is 78.9 Å². The number of carbonyl (C=O) groups excluding carboxylic acids is 1. The van der Waals surface area contributed by atoms with Gasteiger partial charge in [0, 0.05) is 5.92 Å². The molecule has 0 heterocycles. The number of hydrogen-bond donors (Lipinski definition) is 2. The van der Waals surface area contributed by atoms with Gasteiger partial charge in [0.25, 0.3) is 0 Å². The molecule has 5 heteroatoms. The van der Waals surface area contributed by atoms with E-state index < -0.39 is 23.9 Å². The third-order valence-corrected chi connectivity index (χ3v) is 5.43. The van der Waals surface area contributed by atoms with Gasteiger partial charge in [-0.2, -0.15) is 0 Å². The molecule has 5 nitrogen and oxygen atoms in total. The molecule has 3 aromatic rings. The minimum absolute atomic E-state index is 0.0955. The van der Waals surface area contributed by atoms with E-state index in [1.54, 1.807) is 30.3 Å². The number of rotatable bonds is 6. The Labute approximate surface area is 168 Å². The van der Waals surface area contributed by atoms with E-state index in [0.29, 0.717) is 5.56 Å². The summed E-state index contributed by atoms with van der Waals surface area (Å²) in [7, 11) is 0. The average molecular weight is 387 g/mol. The van der Waals surface area contributed by atoms with Gasteiger partial charge in [0.05, 0.1) is 6.42 Å². The first kappa shape index (κ1) is 18.9. The van der Waals surface area contributed by atoms with Gasteiger partial charge in [-0.15, -0.1) is 0 Å². The van der Waals surface area contributed by atoms with E-state index in [-0.39, 0.29) is 12.5 Å². The van der Waals surface area contributed by atoms with Crippen LogP contribution in [0.1, 0.15) is 29.0 Å². The topological polar surface area (TPSA) is 89.6 Å². The van der Waals surface area contributed by atoms with E-state index in [9.17, 15) is 14.7 Å². The molecule has 0 amide bonds. The van der Waals surface area contributed by atoms with Crippen molar-refractivity contribution in [3.05, 3.63) is 95.6 Å². The van der Waals surface area contributed by atoms with E-state index in [2.05, 4.69) is 12.1 Å². The van der Waals surface area contributed by atoms with E-state index in [0.717, 1.165) is 22.3 Å². The molecule has 4 rings (SSSR count). The molecule has 0 bridgehead atoms. The van der Waals surface area contributed by atoms with Gasteiger partial charge in [-0.05, 0) is 27.8 Å². The maximum Gasteiger partial charge on any atom is 0.331 e. The van der Waals surface area contributed by atoms with Crippen LogP contribution in [-0.4, -0.2) is 23.7 Å². The molecule has 146 valence electrons. The zero-order chi connectivity index (χ0) is 20.4. The maximum atomic E-state index is 13.0. The predicted octanol–water partition coefficient (Wildman–Crippen LogP) is 3.67. The zero-order valence-corrected chi connectivity index (χ0v) is 15.7. The van der Waals surface area contributed by atoms with Crippen molar-refractivity contribution in [3.8, 4) is 11.1 Å². The molecule has 0 spiro atoms. The smallest absolute Gasteiger partial charge is 0.331 e. The molecule has 1 atom stereocenters. The molecular weight excluding hydrogens is 366 g/mol. The molecule has 3 N–H and O–H groups in total. The first-order valence-corrected chi connectivity index (χ1v) is 9.42. The van der Waals surface area contributed by atoms with Crippen LogP contribution >= 0.6 is 0 Å². The standard InChI is InChI=1S/C24H21NO4/c25-24(14-22(26)27,16-8-2-1-3-9-16)23(28)29-15-21-19-12-6-4-10-17(19)18-11-5-7-13-20(18)21/h1-13,21H,14-15,25H2,(H,26,27)/t24-/m0/s1. The summed E-state index contributed by atoms with van der Waals surface area (Å²) in [4.78, 5) is 24.4. The Morgan fingerprint density at radius 1 is 0.862 bits per heavy atom. The second-order valence-electron chi connectivity index (χ2n) is 7.23. The maximum absolute atomic E-state index is 13.0. The minimum Gasteiger partial charge on any atom is -0.481 e. The third kappa shape index (κ3) is 3.41. The fourth-order valence-corrected chi connectivity index (χ4v) is 3.99. The number of carboxylic acid groups (broad SMARTS) is 1. The van der Waals surface area contributed by atoms with Crippen molar-refractivity contribution >= 4 is 11.9 Å². The van der Waals surface area contributed by atoms with Gasteiger partial charge in [-0.25, -0.2) is 4.79 Å². The molecule has 0 aromatic heterocycles. The monoisotopic (exact) mass is 387 g/mol. The Morgan fingerprint density at radius 3 is 1.93 bits per heavy atom. The molecule has 0 unspecified atom stereocenters. The summed E-state index contributed by atoms with van der Waals surface area (Å²) in [5.74, 6) is -2.02. The van der Waals surface area contributed by atoms with E-state index >= 15 is 0 Å². The molecule has 0 saturated carbocycles. The Bertz CT molecular complexity index is 1020. The Kier molecular flexibility index (Phi) is 4.91. The summed E-state index contributed by atoms with van der Waals surface area (Å²) in [5, 5.41) is 9.31. The summed E-state index contributed by atoms with van der Waals surface area (Å²) in [6, 6.07) is 24.5. The number of nitrogens with two attached hydrogens (primary N) is 1. The third-order valence-electron chi connectivity index (χ3n) is 5.43. The van der Waals surface area contributed by atoms with Crippen molar-refractivity contribution in [3.63, 3.8) is 0 Å². The van der Waals surface area contributed by atoms with Crippen molar-refractivity contribution in [1.29, 1.82) is 0 Å². The largest absolute Gasteiger partial charge is 0.481 e. The SMILES string of the molecule is N[C@](CC(=O)O)(C(=O)OCC1c2ccccc2-c2ccccc21)c1ccccc1. The first-order valence-electron chi connectivity index (χ1n) is 9.42. The highest BCUT2D eigenvalue weighted by Gasteiger charge is 2.41. The number of ether oxygens (including phenoxy) is 1. The van der Waals surface area contributed by atoms with Gasteiger partial charge < -0.3 is 15.6 Å². The van der Waals surface area contributed by atoms with Crippen molar-refractivity contribution in [1.82, 2.24) is 0 Å². The number of carbonyl (C=O) groups is 2. The second-order valence-corrected chi connectivity index (χ2v) is 7.23. The van der Waals surface area contributed by atoms with Crippen LogP contribution in [0, 0.1) is 0 Å². The lowest BCUT2D eigenvalue weighted by molar-refractivity contribution is -0.155. The number of aliphatic carboxylic acids is 1. The van der Waals surface area contributed by atoms with Gasteiger partial charge in [-0.1, -0.05) is 78.9 Å². The van der Waals surface area contributed by atoms with Crippen LogP contribution in [0.25, 0.3) is 11.1 Å². The van der Waals surface area contributed by atoms with Gasteiger partial charge in [0.2, 0.25) is 0 Å². The number of fused-ring (bicyclic) bond motifs is 3. The quantitative estimate of drug-likeness (QED) is 0.630. The molecular formula is C24H21NO4. The summed E-state index contributed by atoms with van der Waals surface area (Å²) >= 11 is 0. The highest BCUT2D eigenvalue weighted by Crippen LogP contribution is 2.44. The first-order chi connectivity index (χ1) is 14.0. The number of esters is 1. The van der Waals surface area contributed by atoms with Crippen LogP contribution in [0.3, 0.4) is 0 Å². The highest BCUT2D eigenvalue weighted by atomic mass is 16.5. The Balaban J connectivity index is 1.61. The Morgan fingerprint density at radius 2 is 1.38 bits per heavy atom. The van der Waals surface area contributed by atoms with Crippen LogP contribution in [0.5, 0.6) is 0 Å². The number of carboxylic acids is 1. The van der Waals surface area contributed by atoms with Crippen molar-refractivity contribution in [2.24, 2.45) is 5.73 Å². The van der Waals surface area contributed by atoms with E-state index in [1.165, 1.54) is 0 Å². The number of benzene rings is 3. The van der Waals surface area contributed by atoms with E-state index in [1.807, 2.05) is 36.4 Å². The van der Waals surface area contributed by atoms with Gasteiger partial charge in [0.1, 0.15) is 6.61 Å². The van der Waals surface area contributed by atoms with Crippen LogP contribution in [0.4, 0.5) is 0 Å². The summed E-state index contributed by atoms with van der Waals surface area (Å²) in [6.45, 7) is 0.0955. The van der Waals surface area contributed by atoms with Gasteiger partial charge in [0.15, 0.2) is 5.54 Å². The van der Waals surface area contributed by atoms with Gasteiger partial charge >= 0.3 is 11.9 Å². The highest BCUT2D eigenvalue weighted by molar-refractivity contribution is 5.88. The van der Waals surface area contributed by atoms with E-state index in [4.69, 9.17) is 10.5 Å². The molecule has 29 heavy (non-hydrogen) atoms. The lowest BCUT2D eigenvalue weighted by Gasteiger charge is -2.27. The molecule has 1 aliphatic carbocycles. The minimum atomic E-state index is -1.75. The summed E-state index contributed by atoms with van der Waals surface area (Å²) < 4.78 is 5.63. The van der Waals surface area contributed by atoms with Gasteiger partial charge in [-0.3, -0.25) is 4.79 Å². The molecule has 0 saturated heterocycles. The Hall–Kier alpha value is -3.44. The molecule has 0 aliphatic heterocycles. The molecule has 0 radical (unpaired) electrons. The second kappa shape index (κ2) is 7.53. The van der Waals surface area contributed by atoms with Crippen LogP contribution in [0.2, 0.25) is 0 Å². The molecule has 1 aliphatic rings. The fourth-order valence-electron chi connectivity index (χ4n) is 3.99. The van der Waals surface area contributed by atoms with Crippen LogP contribution < -0.4 is 5.73 Å². The van der Waals surface area contributed by atoms with Crippen molar-refractivity contribution < 1.29 is 19.4 Å². The lowest BCUT2D eigenvalue weighted by Crippen LogP contribution is -2.48. The summed E-state index contributed by atoms with van der Waals surface area (Å²) in [6.07, 6.45) is -0.548. The lowest BCUT2D eigenvalue weighted by atomic mass is 9.87. The predicted molar refractivity (Wildman–Crippen MR) is 109 cm³/mol. The van der Waals surface area contributed by atoms with Crippen LogP contribution in [-0.2, 0) is 19.9 Å². The van der Waals surface area contributed by atoms with Crippen molar-refractivity contribution in [2.75, 3.05) is 6.61 Å². The fraction of sp³-hybridized carbons (Fsp3) is 0.167. The molecule has 0 fully saturated rings. The average Bonchev–Trinajstić information content (AvgIpc) is 3.06. The summed E-state index contributed by atoms with van der Waals surface area (Å²) in [5.41, 5.74) is 9.37. The normalized spacial score (nSPS) is 14.5. The number of hydrogen-bond acceptors (Lipinski definition) is 4. The molecule has 3 aromatic carbocycles. The zero-order valence-electron chi connectivity index (χ0n) is 15.7. The van der Waals surface area contributed by atoms with Crippen molar-refractivity contribution in [2.45, 2.75) is 17.9 Å².